The third-order valence-electron chi connectivity index (χ3n) is 2.46. The standard InChI is InChI=1S/C11H9N3OS/c15-6-9-5-13-11-14(9)10(7-16-11)8-1-3-12-4-2-8/h1-5,7,15H,6H2. The Labute approximate surface area is 95.8 Å². The summed E-state index contributed by atoms with van der Waals surface area (Å²) in [5.41, 5.74) is 2.93. The Bertz CT molecular complexity index is 614. The number of pyridine rings is 1. The summed E-state index contributed by atoms with van der Waals surface area (Å²) in [5, 5.41) is 11.3. The largest absolute Gasteiger partial charge is 0.390 e. The molecule has 0 radical (unpaired) electrons. The minimum absolute atomic E-state index is 0.00398. The minimum Gasteiger partial charge on any atom is -0.390 e. The molecular weight excluding hydrogens is 222 g/mol. The second-order valence-electron chi connectivity index (χ2n) is 3.38. The summed E-state index contributed by atoms with van der Waals surface area (Å²) < 4.78 is 1.97. The van der Waals surface area contributed by atoms with Gasteiger partial charge in [0.2, 0.25) is 0 Å². The van der Waals surface area contributed by atoms with Gasteiger partial charge in [-0.2, -0.15) is 0 Å². The van der Waals surface area contributed by atoms with Gasteiger partial charge < -0.3 is 5.11 Å². The molecule has 0 unspecified atom stereocenters. The topological polar surface area (TPSA) is 50.4 Å². The molecule has 3 rings (SSSR count). The van der Waals surface area contributed by atoms with Crippen molar-refractivity contribution in [1.29, 1.82) is 0 Å². The lowest BCUT2D eigenvalue weighted by Crippen LogP contribution is -1.92. The highest BCUT2D eigenvalue weighted by atomic mass is 32.1. The molecule has 0 aromatic carbocycles. The van der Waals surface area contributed by atoms with E-state index in [0.29, 0.717) is 0 Å². The van der Waals surface area contributed by atoms with Crippen LogP contribution in [-0.4, -0.2) is 19.5 Å². The van der Waals surface area contributed by atoms with Gasteiger partial charge in [-0.3, -0.25) is 9.38 Å². The predicted octanol–water partition coefficient (Wildman–Crippen LogP) is 1.95. The second kappa shape index (κ2) is 3.70. The van der Waals surface area contributed by atoms with Crippen molar-refractivity contribution in [3.8, 4) is 11.3 Å². The van der Waals surface area contributed by atoms with Gasteiger partial charge in [0.25, 0.3) is 0 Å². The highest BCUT2D eigenvalue weighted by Crippen LogP contribution is 2.26. The van der Waals surface area contributed by atoms with Crippen LogP contribution in [0.25, 0.3) is 16.2 Å². The average Bonchev–Trinajstić information content (AvgIpc) is 2.90. The average molecular weight is 231 g/mol. The summed E-state index contributed by atoms with van der Waals surface area (Å²) in [4.78, 5) is 9.14. The number of aliphatic hydroxyl groups excluding tert-OH is 1. The molecule has 0 spiro atoms. The summed E-state index contributed by atoms with van der Waals surface area (Å²) in [6.07, 6.45) is 5.22. The van der Waals surface area contributed by atoms with E-state index in [9.17, 15) is 5.11 Å². The number of rotatable bonds is 2. The van der Waals surface area contributed by atoms with Gasteiger partial charge in [0.1, 0.15) is 0 Å². The number of nitrogens with zero attached hydrogens (tertiary/aromatic N) is 3. The maximum Gasteiger partial charge on any atom is 0.194 e. The first-order valence-electron chi connectivity index (χ1n) is 4.85. The van der Waals surface area contributed by atoms with Gasteiger partial charge in [-0.05, 0) is 12.1 Å². The molecule has 0 bridgehead atoms. The van der Waals surface area contributed by atoms with Gasteiger partial charge in [0.15, 0.2) is 4.96 Å². The maximum absolute atomic E-state index is 9.25. The molecule has 5 heteroatoms. The zero-order valence-corrected chi connectivity index (χ0v) is 9.18. The zero-order chi connectivity index (χ0) is 11.0. The molecule has 3 aromatic rings. The van der Waals surface area contributed by atoms with Crippen molar-refractivity contribution in [3.63, 3.8) is 0 Å². The van der Waals surface area contributed by atoms with Gasteiger partial charge in [-0.25, -0.2) is 4.98 Å². The summed E-state index contributed by atoms with van der Waals surface area (Å²) in [5.74, 6) is 0. The van der Waals surface area contributed by atoms with Crippen molar-refractivity contribution >= 4 is 16.3 Å². The Morgan fingerprint density at radius 3 is 2.88 bits per heavy atom. The van der Waals surface area contributed by atoms with Crippen LogP contribution >= 0.6 is 11.3 Å². The van der Waals surface area contributed by atoms with Crippen molar-refractivity contribution in [2.24, 2.45) is 0 Å². The Hall–Kier alpha value is -1.72. The van der Waals surface area contributed by atoms with E-state index in [1.54, 1.807) is 29.9 Å². The van der Waals surface area contributed by atoms with Crippen molar-refractivity contribution in [2.75, 3.05) is 0 Å². The predicted molar refractivity (Wildman–Crippen MR) is 62.2 cm³/mol. The number of aromatic nitrogens is 3. The van der Waals surface area contributed by atoms with Gasteiger partial charge in [-0.1, -0.05) is 0 Å². The van der Waals surface area contributed by atoms with Gasteiger partial charge in [0.05, 0.1) is 24.2 Å². The SMILES string of the molecule is OCc1cnc2scc(-c3ccncc3)n12. The van der Waals surface area contributed by atoms with Crippen molar-refractivity contribution in [3.05, 3.63) is 41.8 Å². The first kappa shape index (κ1) is 9.50. The third-order valence-corrected chi connectivity index (χ3v) is 3.30. The van der Waals surface area contributed by atoms with Crippen LogP contribution in [0.3, 0.4) is 0 Å². The third kappa shape index (κ3) is 1.33. The second-order valence-corrected chi connectivity index (χ2v) is 4.22. The first-order chi connectivity index (χ1) is 7.90. The maximum atomic E-state index is 9.25. The molecule has 0 fully saturated rings. The van der Waals surface area contributed by atoms with E-state index in [1.807, 2.05) is 21.9 Å². The highest BCUT2D eigenvalue weighted by molar-refractivity contribution is 7.15. The van der Waals surface area contributed by atoms with Crippen LogP contribution in [0, 0.1) is 0 Å². The molecular formula is C11H9N3OS. The molecule has 0 saturated carbocycles. The lowest BCUT2D eigenvalue weighted by Gasteiger charge is -2.01. The van der Waals surface area contributed by atoms with Gasteiger partial charge in [0, 0.05) is 23.3 Å². The molecule has 3 aromatic heterocycles. The molecule has 0 atom stereocenters. The summed E-state index contributed by atoms with van der Waals surface area (Å²) in [6.45, 7) is -0.00398. The van der Waals surface area contributed by atoms with E-state index in [4.69, 9.17) is 0 Å². The van der Waals surface area contributed by atoms with E-state index in [1.165, 1.54) is 0 Å². The van der Waals surface area contributed by atoms with Crippen LogP contribution in [0.2, 0.25) is 0 Å². The van der Waals surface area contributed by atoms with E-state index >= 15 is 0 Å². The van der Waals surface area contributed by atoms with Crippen LogP contribution in [-0.2, 0) is 6.61 Å². The fourth-order valence-corrected chi connectivity index (χ4v) is 2.59. The van der Waals surface area contributed by atoms with E-state index < -0.39 is 0 Å². The molecule has 0 aliphatic carbocycles. The van der Waals surface area contributed by atoms with Crippen molar-refractivity contribution in [1.82, 2.24) is 14.4 Å². The number of thiazole rings is 1. The molecule has 80 valence electrons. The number of fused-ring (bicyclic) bond motifs is 1. The lowest BCUT2D eigenvalue weighted by atomic mass is 10.2. The fraction of sp³-hybridized carbons (Fsp3) is 0.0909. The van der Waals surface area contributed by atoms with Crippen LogP contribution < -0.4 is 0 Å². The Balaban J connectivity index is 2.28. The van der Waals surface area contributed by atoms with Crippen LogP contribution in [0.1, 0.15) is 5.69 Å². The fourth-order valence-electron chi connectivity index (χ4n) is 1.70. The van der Waals surface area contributed by atoms with Gasteiger partial charge in [-0.15, -0.1) is 11.3 Å². The number of hydrogen-bond donors (Lipinski definition) is 1. The van der Waals surface area contributed by atoms with Crippen LogP contribution in [0.5, 0.6) is 0 Å². The molecule has 0 aliphatic heterocycles. The highest BCUT2D eigenvalue weighted by Gasteiger charge is 2.10. The molecule has 16 heavy (non-hydrogen) atoms. The summed E-state index contributed by atoms with van der Waals surface area (Å²) in [7, 11) is 0. The van der Waals surface area contributed by atoms with E-state index in [0.717, 1.165) is 21.9 Å². The van der Waals surface area contributed by atoms with Gasteiger partial charge >= 0.3 is 0 Å². The monoisotopic (exact) mass is 231 g/mol. The minimum atomic E-state index is -0.00398. The van der Waals surface area contributed by atoms with Crippen LogP contribution in [0.15, 0.2) is 36.1 Å². The molecule has 0 saturated heterocycles. The number of aliphatic hydroxyl groups is 1. The molecule has 1 N–H and O–H groups in total. The smallest absolute Gasteiger partial charge is 0.194 e. The number of hydrogen-bond acceptors (Lipinski definition) is 4. The Kier molecular flexibility index (Phi) is 2.19. The van der Waals surface area contributed by atoms with Crippen LogP contribution in [0.4, 0.5) is 0 Å². The Morgan fingerprint density at radius 1 is 1.31 bits per heavy atom. The Morgan fingerprint density at radius 2 is 2.12 bits per heavy atom. The summed E-state index contributed by atoms with van der Waals surface area (Å²) >= 11 is 1.57. The normalized spacial score (nSPS) is 11.1. The molecule has 0 amide bonds. The molecule has 3 heterocycles. The van der Waals surface area contributed by atoms with Crippen molar-refractivity contribution < 1.29 is 5.11 Å². The first-order valence-corrected chi connectivity index (χ1v) is 5.73. The van der Waals surface area contributed by atoms with E-state index in [-0.39, 0.29) is 6.61 Å². The molecule has 4 nitrogen and oxygen atoms in total. The van der Waals surface area contributed by atoms with Crippen molar-refractivity contribution in [2.45, 2.75) is 6.61 Å². The quantitative estimate of drug-likeness (QED) is 0.733. The zero-order valence-electron chi connectivity index (χ0n) is 8.37. The lowest BCUT2D eigenvalue weighted by molar-refractivity contribution is 0.276. The number of imidazole rings is 1. The molecule has 0 aliphatic rings. The summed E-state index contributed by atoms with van der Waals surface area (Å²) in [6, 6.07) is 3.89. The van der Waals surface area contributed by atoms with E-state index in [2.05, 4.69) is 9.97 Å².